The number of fused-ring (bicyclic) bond motifs is 2. The van der Waals surface area contributed by atoms with Gasteiger partial charge in [-0.25, -0.2) is 9.97 Å². The van der Waals surface area contributed by atoms with Gasteiger partial charge in [0, 0.05) is 27.2 Å². The zero-order valence-corrected chi connectivity index (χ0v) is 26.3. The largest absolute Gasteiger partial charge is 0.370 e. The van der Waals surface area contributed by atoms with Gasteiger partial charge in [-0.2, -0.15) is 0 Å². The van der Waals surface area contributed by atoms with Gasteiger partial charge in [-0.1, -0.05) is 24.3 Å². The molecule has 0 aliphatic carbocycles. The molecule has 0 spiro atoms. The number of Topliss-reactive ketones (excluding diaryl/α,β-unsaturated/α-hetero) is 2. The van der Waals surface area contributed by atoms with Crippen molar-refractivity contribution in [1.29, 1.82) is 0 Å². The Balaban J connectivity index is 0.000000236. The average Bonchev–Trinajstić information content (AvgIpc) is 3.67. The van der Waals surface area contributed by atoms with Gasteiger partial charge in [0.2, 0.25) is 11.6 Å². The van der Waals surface area contributed by atoms with Gasteiger partial charge in [-0.3, -0.25) is 19.6 Å². The van der Waals surface area contributed by atoms with Gasteiger partial charge in [0.15, 0.2) is 21.9 Å². The lowest BCUT2D eigenvalue weighted by molar-refractivity contribution is 0.0938. The molecular formula is C29H40N10O2S2. The van der Waals surface area contributed by atoms with Crippen LogP contribution in [0.5, 0.6) is 0 Å². The van der Waals surface area contributed by atoms with E-state index in [1.807, 2.05) is 48.5 Å². The summed E-state index contributed by atoms with van der Waals surface area (Å²) in [5, 5.41) is 10.0. The Bertz CT molecular complexity index is 1480. The van der Waals surface area contributed by atoms with E-state index < -0.39 is 6.04 Å². The molecular weight excluding hydrogens is 585 g/mol. The molecule has 0 bridgehead atoms. The molecule has 0 saturated carbocycles. The third kappa shape index (κ3) is 10.1. The summed E-state index contributed by atoms with van der Waals surface area (Å²) in [5.74, 6) is 0.744. The quantitative estimate of drug-likeness (QED) is 0.0556. The number of aromatic nitrogens is 2. The molecule has 0 fully saturated rings. The highest BCUT2D eigenvalue weighted by Gasteiger charge is 2.22. The van der Waals surface area contributed by atoms with Crippen LogP contribution in [0, 0.1) is 0 Å². The van der Waals surface area contributed by atoms with Crippen LogP contribution in [0.15, 0.2) is 58.5 Å². The number of hydrogen-bond acceptors (Lipinski definition) is 10. The predicted octanol–water partition coefficient (Wildman–Crippen LogP) is 2.50. The van der Waals surface area contributed by atoms with Crippen LogP contribution in [0.25, 0.3) is 20.4 Å². The monoisotopic (exact) mass is 624 g/mol. The molecule has 0 radical (unpaired) electrons. The minimum Gasteiger partial charge on any atom is -0.370 e. The SMILES string of the molecule is CN=C(N)NCCC[C@H](N)C(=O)c1nc2ccccc2s1.CN=C(N)NCCC[C@H](NC)C(=O)c1nc2ccccc2s1. The van der Waals surface area contributed by atoms with Crippen LogP contribution in [0.1, 0.15) is 45.3 Å². The van der Waals surface area contributed by atoms with Crippen molar-refractivity contribution < 1.29 is 9.59 Å². The number of likely N-dealkylation sites (N-methyl/N-ethyl adjacent to an activating group) is 1. The van der Waals surface area contributed by atoms with Gasteiger partial charge in [0.25, 0.3) is 0 Å². The van der Waals surface area contributed by atoms with Gasteiger partial charge in [-0.05, 0) is 57.0 Å². The topological polar surface area (TPSA) is 199 Å². The number of nitrogens with one attached hydrogen (secondary N) is 3. The van der Waals surface area contributed by atoms with E-state index in [1.165, 1.54) is 22.7 Å². The van der Waals surface area contributed by atoms with E-state index in [-0.39, 0.29) is 17.6 Å². The third-order valence-corrected chi connectivity index (χ3v) is 8.57. The maximum Gasteiger partial charge on any atom is 0.208 e. The fourth-order valence-electron chi connectivity index (χ4n) is 4.02. The number of thiazole rings is 2. The summed E-state index contributed by atoms with van der Waals surface area (Å²) in [6, 6.07) is 14.7. The van der Waals surface area contributed by atoms with Crippen LogP contribution >= 0.6 is 22.7 Å². The third-order valence-electron chi connectivity index (χ3n) is 6.47. The van der Waals surface area contributed by atoms with Gasteiger partial charge in [0.1, 0.15) is 0 Å². The van der Waals surface area contributed by atoms with Crippen molar-refractivity contribution in [3.05, 3.63) is 58.5 Å². The molecule has 2 aromatic heterocycles. The predicted molar refractivity (Wildman–Crippen MR) is 178 cm³/mol. The average molecular weight is 625 g/mol. The molecule has 0 saturated heterocycles. The molecule has 0 unspecified atom stereocenters. The maximum absolute atomic E-state index is 12.5. The molecule has 9 N–H and O–H groups in total. The first-order valence-corrected chi connectivity index (χ1v) is 15.5. The number of carbonyl (C=O) groups excluding carboxylic acids is 2. The first-order chi connectivity index (χ1) is 20.8. The molecule has 2 heterocycles. The van der Waals surface area contributed by atoms with Crippen molar-refractivity contribution >= 4 is 66.6 Å². The van der Waals surface area contributed by atoms with Gasteiger partial charge in [0.05, 0.1) is 32.5 Å². The number of hydrogen-bond donors (Lipinski definition) is 6. The molecule has 43 heavy (non-hydrogen) atoms. The van der Waals surface area contributed by atoms with Crippen molar-refractivity contribution in [2.75, 3.05) is 34.2 Å². The number of ketones is 2. The number of aliphatic imine (C=N–C) groups is 2. The summed E-state index contributed by atoms with van der Waals surface area (Å²) >= 11 is 2.83. The molecule has 2 aromatic carbocycles. The van der Waals surface area contributed by atoms with Crippen molar-refractivity contribution in [1.82, 2.24) is 25.9 Å². The van der Waals surface area contributed by atoms with E-state index in [9.17, 15) is 9.59 Å². The molecule has 12 nitrogen and oxygen atoms in total. The van der Waals surface area contributed by atoms with Gasteiger partial charge >= 0.3 is 0 Å². The summed E-state index contributed by atoms with van der Waals surface area (Å²) in [4.78, 5) is 41.2. The summed E-state index contributed by atoms with van der Waals surface area (Å²) in [6.45, 7) is 1.33. The highest BCUT2D eigenvalue weighted by molar-refractivity contribution is 7.20. The lowest BCUT2D eigenvalue weighted by Crippen LogP contribution is -2.36. The zero-order valence-electron chi connectivity index (χ0n) is 24.7. The number of guanidine groups is 2. The van der Waals surface area contributed by atoms with Crippen molar-refractivity contribution in [3.8, 4) is 0 Å². The Morgan fingerprint density at radius 3 is 1.72 bits per heavy atom. The minimum absolute atomic E-state index is 0.0424. The van der Waals surface area contributed by atoms with Crippen molar-refractivity contribution in [3.63, 3.8) is 0 Å². The smallest absolute Gasteiger partial charge is 0.208 e. The maximum atomic E-state index is 12.5. The fraction of sp³-hybridized carbons (Fsp3) is 0.379. The first-order valence-electron chi connectivity index (χ1n) is 13.9. The number of nitrogens with zero attached hydrogens (tertiary/aromatic N) is 4. The lowest BCUT2D eigenvalue weighted by Gasteiger charge is -2.13. The van der Waals surface area contributed by atoms with Crippen LogP contribution in [0.3, 0.4) is 0 Å². The van der Waals surface area contributed by atoms with Gasteiger partial charge in [-0.15, -0.1) is 22.7 Å². The second-order valence-electron chi connectivity index (χ2n) is 9.51. The first kappa shape index (κ1) is 33.5. The molecule has 2 atom stereocenters. The van der Waals surface area contributed by atoms with E-state index in [1.54, 1.807) is 21.1 Å². The van der Waals surface area contributed by atoms with Crippen LogP contribution < -0.4 is 33.2 Å². The van der Waals surface area contributed by atoms with Gasteiger partial charge < -0.3 is 33.2 Å². The molecule has 230 valence electrons. The van der Waals surface area contributed by atoms with E-state index in [0.29, 0.717) is 41.4 Å². The van der Waals surface area contributed by atoms with E-state index in [0.717, 1.165) is 39.7 Å². The minimum atomic E-state index is -0.535. The number of rotatable bonds is 13. The summed E-state index contributed by atoms with van der Waals surface area (Å²) in [7, 11) is 5.05. The number of para-hydroxylation sites is 2. The summed E-state index contributed by atoms with van der Waals surface area (Å²) in [5.41, 5.74) is 18.7. The van der Waals surface area contributed by atoms with E-state index >= 15 is 0 Å². The molecule has 0 amide bonds. The van der Waals surface area contributed by atoms with Crippen molar-refractivity contribution in [2.24, 2.45) is 27.2 Å². The zero-order chi connectivity index (χ0) is 31.2. The Morgan fingerprint density at radius 1 is 0.791 bits per heavy atom. The fourth-order valence-corrected chi connectivity index (χ4v) is 5.95. The Hall–Kier alpha value is -3.98. The Morgan fingerprint density at radius 2 is 1.26 bits per heavy atom. The van der Waals surface area contributed by atoms with E-state index in [2.05, 4.69) is 35.9 Å². The second-order valence-corrected chi connectivity index (χ2v) is 11.6. The highest BCUT2D eigenvalue weighted by Crippen LogP contribution is 2.24. The standard InChI is InChI=1S/C15H21N5OS.C14H19N5OS/c1-17-11(7-5-9-19-15(16)18-2)13(21)14-20-10-6-3-4-8-12(10)22-14;1-17-14(16)18-8-4-5-9(15)12(20)13-19-10-6-2-3-7-11(10)21-13/h3-4,6,8,11,17H,5,7,9H2,1-2H3,(H3,16,18,19);2-3,6-7,9H,4-5,8,15H2,1H3,(H3,16,17,18)/t11-;9-/m00/s1. The molecule has 4 rings (SSSR count). The number of nitrogens with two attached hydrogens (primary N) is 3. The van der Waals surface area contributed by atoms with Crippen LogP contribution in [-0.2, 0) is 0 Å². The summed E-state index contributed by atoms with van der Waals surface area (Å²) in [6.07, 6.45) is 2.86. The van der Waals surface area contributed by atoms with Crippen LogP contribution in [0.4, 0.5) is 0 Å². The number of benzene rings is 2. The summed E-state index contributed by atoms with van der Waals surface area (Å²) < 4.78 is 2.04. The van der Waals surface area contributed by atoms with E-state index in [4.69, 9.17) is 17.2 Å². The van der Waals surface area contributed by atoms with Crippen LogP contribution in [0.2, 0.25) is 0 Å². The molecule has 14 heteroatoms. The number of carbonyl (C=O) groups is 2. The van der Waals surface area contributed by atoms with Crippen molar-refractivity contribution in [2.45, 2.75) is 37.8 Å². The normalized spacial score (nSPS) is 13.3. The van der Waals surface area contributed by atoms with Crippen LogP contribution in [-0.4, -0.2) is 79.8 Å². The molecule has 4 aromatic rings. The molecule has 0 aliphatic rings. The highest BCUT2D eigenvalue weighted by atomic mass is 32.1. The second kappa shape index (κ2) is 17.2. The lowest BCUT2D eigenvalue weighted by atomic mass is 10.1. The molecule has 0 aliphatic heterocycles. The Kier molecular flexibility index (Phi) is 13.4. The Labute approximate surface area is 259 Å².